The van der Waals surface area contributed by atoms with Gasteiger partial charge in [0.1, 0.15) is 0 Å². The molecule has 1 heterocycles. The standard InChI is InChI=1S/C12H14ClNO3/c1-12(6-17-7-12)5-14-8-2-3-10(13)9(4-8)11(15)16/h2-4,14H,5-7H2,1H3,(H,15,16). The number of benzene rings is 1. The minimum absolute atomic E-state index is 0.117. The van der Waals surface area contributed by atoms with Gasteiger partial charge in [0.2, 0.25) is 0 Å². The summed E-state index contributed by atoms with van der Waals surface area (Å²) in [7, 11) is 0. The van der Waals surface area contributed by atoms with Gasteiger partial charge in [-0.15, -0.1) is 0 Å². The van der Waals surface area contributed by atoms with Crippen LogP contribution in [0.4, 0.5) is 5.69 Å². The van der Waals surface area contributed by atoms with E-state index in [9.17, 15) is 4.79 Å². The monoisotopic (exact) mass is 255 g/mol. The summed E-state index contributed by atoms with van der Waals surface area (Å²) in [6, 6.07) is 4.91. The number of aromatic carboxylic acids is 1. The summed E-state index contributed by atoms with van der Waals surface area (Å²) >= 11 is 5.79. The topological polar surface area (TPSA) is 58.6 Å². The van der Waals surface area contributed by atoms with Crippen LogP contribution in [-0.4, -0.2) is 30.8 Å². The van der Waals surface area contributed by atoms with E-state index in [4.69, 9.17) is 21.4 Å². The van der Waals surface area contributed by atoms with E-state index >= 15 is 0 Å². The lowest BCUT2D eigenvalue weighted by Crippen LogP contribution is -2.45. The van der Waals surface area contributed by atoms with Gasteiger partial charge in [0.05, 0.1) is 23.8 Å². The third-order valence-electron chi connectivity index (χ3n) is 2.82. The summed E-state index contributed by atoms with van der Waals surface area (Å²) in [4.78, 5) is 10.9. The lowest BCUT2D eigenvalue weighted by Gasteiger charge is -2.38. The fourth-order valence-electron chi connectivity index (χ4n) is 1.67. The predicted molar refractivity (Wildman–Crippen MR) is 65.8 cm³/mol. The second-order valence-electron chi connectivity index (χ2n) is 4.66. The molecule has 0 radical (unpaired) electrons. The molecular weight excluding hydrogens is 242 g/mol. The first-order valence-corrected chi connectivity index (χ1v) is 5.72. The maximum Gasteiger partial charge on any atom is 0.337 e. The average molecular weight is 256 g/mol. The van der Waals surface area contributed by atoms with Crippen LogP contribution in [0.1, 0.15) is 17.3 Å². The number of carboxylic acid groups (broad SMARTS) is 1. The molecule has 2 rings (SSSR count). The lowest BCUT2D eigenvalue weighted by atomic mass is 9.88. The number of rotatable bonds is 4. The van der Waals surface area contributed by atoms with Crippen molar-refractivity contribution in [1.82, 2.24) is 0 Å². The highest BCUT2D eigenvalue weighted by Gasteiger charge is 2.32. The molecule has 0 atom stereocenters. The van der Waals surface area contributed by atoms with Gasteiger partial charge in [-0.1, -0.05) is 18.5 Å². The van der Waals surface area contributed by atoms with Crippen molar-refractivity contribution in [3.05, 3.63) is 28.8 Å². The Kier molecular flexibility index (Phi) is 3.26. The van der Waals surface area contributed by atoms with Crippen LogP contribution >= 0.6 is 11.6 Å². The Hall–Kier alpha value is -1.26. The third-order valence-corrected chi connectivity index (χ3v) is 3.15. The van der Waals surface area contributed by atoms with Gasteiger partial charge in [-0.05, 0) is 18.2 Å². The van der Waals surface area contributed by atoms with Gasteiger partial charge in [0, 0.05) is 17.6 Å². The molecule has 1 aliphatic heterocycles. The molecular formula is C12H14ClNO3. The van der Waals surface area contributed by atoms with Gasteiger partial charge in [-0.25, -0.2) is 4.79 Å². The summed E-state index contributed by atoms with van der Waals surface area (Å²) in [5.74, 6) is -1.02. The van der Waals surface area contributed by atoms with E-state index in [1.165, 1.54) is 0 Å². The second kappa shape index (κ2) is 4.55. The van der Waals surface area contributed by atoms with Crippen LogP contribution in [0.15, 0.2) is 18.2 Å². The Bertz CT molecular complexity index is 443. The molecule has 0 aliphatic carbocycles. The summed E-state index contributed by atoms with van der Waals surface area (Å²) in [5.41, 5.74) is 1.02. The molecule has 0 spiro atoms. The molecule has 5 heteroatoms. The van der Waals surface area contributed by atoms with E-state index in [0.717, 1.165) is 25.4 Å². The van der Waals surface area contributed by atoms with Gasteiger partial charge >= 0.3 is 5.97 Å². The van der Waals surface area contributed by atoms with Crippen LogP contribution < -0.4 is 5.32 Å². The molecule has 17 heavy (non-hydrogen) atoms. The normalized spacial score (nSPS) is 17.3. The number of nitrogens with one attached hydrogen (secondary N) is 1. The van der Waals surface area contributed by atoms with Crippen LogP contribution in [0.3, 0.4) is 0 Å². The number of ether oxygens (including phenoxy) is 1. The lowest BCUT2D eigenvalue weighted by molar-refractivity contribution is -0.0924. The molecule has 0 saturated carbocycles. The summed E-state index contributed by atoms with van der Waals surface area (Å²) in [5, 5.41) is 12.4. The molecule has 1 saturated heterocycles. The van der Waals surface area contributed by atoms with Crippen molar-refractivity contribution in [2.45, 2.75) is 6.92 Å². The quantitative estimate of drug-likeness (QED) is 0.868. The van der Waals surface area contributed by atoms with Crippen LogP contribution in [0.2, 0.25) is 5.02 Å². The number of anilines is 1. The van der Waals surface area contributed by atoms with Gasteiger partial charge in [0.25, 0.3) is 0 Å². The first-order chi connectivity index (χ1) is 8.00. The maximum absolute atomic E-state index is 10.9. The minimum Gasteiger partial charge on any atom is -0.478 e. The molecule has 1 fully saturated rings. The third kappa shape index (κ3) is 2.70. The zero-order valence-corrected chi connectivity index (χ0v) is 10.3. The van der Waals surface area contributed by atoms with Crippen LogP contribution in [0, 0.1) is 5.41 Å². The number of hydrogen-bond acceptors (Lipinski definition) is 3. The fraction of sp³-hybridized carbons (Fsp3) is 0.417. The minimum atomic E-state index is -1.02. The zero-order chi connectivity index (χ0) is 12.5. The van der Waals surface area contributed by atoms with E-state index in [1.807, 2.05) is 0 Å². The molecule has 1 aromatic rings. The maximum atomic E-state index is 10.9. The SMILES string of the molecule is CC1(CNc2ccc(Cl)c(C(=O)O)c2)COC1. The van der Waals surface area contributed by atoms with Crippen molar-refractivity contribution in [2.75, 3.05) is 25.1 Å². The summed E-state index contributed by atoms with van der Waals surface area (Å²) < 4.78 is 5.15. The molecule has 4 nitrogen and oxygen atoms in total. The van der Waals surface area contributed by atoms with E-state index in [-0.39, 0.29) is 16.0 Å². The fourth-order valence-corrected chi connectivity index (χ4v) is 1.87. The van der Waals surface area contributed by atoms with Crippen molar-refractivity contribution >= 4 is 23.3 Å². The summed E-state index contributed by atoms with van der Waals surface area (Å²) in [6.45, 7) is 4.35. The number of halogens is 1. The first-order valence-electron chi connectivity index (χ1n) is 5.35. The molecule has 1 aliphatic rings. The summed E-state index contributed by atoms with van der Waals surface area (Å²) in [6.07, 6.45) is 0. The highest BCUT2D eigenvalue weighted by atomic mass is 35.5. The van der Waals surface area contributed by atoms with Crippen LogP contribution in [0.5, 0.6) is 0 Å². The second-order valence-corrected chi connectivity index (χ2v) is 5.06. The van der Waals surface area contributed by atoms with Crippen molar-refractivity contribution in [1.29, 1.82) is 0 Å². The first kappa shape index (κ1) is 12.2. The molecule has 92 valence electrons. The number of carboxylic acids is 1. The van der Waals surface area contributed by atoms with Crippen LogP contribution in [-0.2, 0) is 4.74 Å². The highest BCUT2D eigenvalue weighted by molar-refractivity contribution is 6.33. The van der Waals surface area contributed by atoms with Gasteiger partial charge in [-0.3, -0.25) is 0 Å². The number of hydrogen-bond donors (Lipinski definition) is 2. The average Bonchev–Trinajstić information content (AvgIpc) is 2.25. The van der Waals surface area contributed by atoms with Gasteiger partial charge in [0.15, 0.2) is 0 Å². The Balaban J connectivity index is 2.06. The van der Waals surface area contributed by atoms with Crippen LogP contribution in [0.25, 0.3) is 0 Å². The Morgan fingerprint density at radius 3 is 2.82 bits per heavy atom. The molecule has 0 amide bonds. The molecule has 0 unspecified atom stereocenters. The number of carbonyl (C=O) groups is 1. The van der Waals surface area contributed by atoms with E-state index in [0.29, 0.717) is 0 Å². The van der Waals surface area contributed by atoms with Crippen molar-refractivity contribution in [2.24, 2.45) is 5.41 Å². The largest absolute Gasteiger partial charge is 0.478 e. The Morgan fingerprint density at radius 1 is 1.59 bits per heavy atom. The van der Waals surface area contributed by atoms with Gasteiger partial charge in [-0.2, -0.15) is 0 Å². The Morgan fingerprint density at radius 2 is 2.29 bits per heavy atom. The smallest absolute Gasteiger partial charge is 0.337 e. The predicted octanol–water partition coefficient (Wildman–Crippen LogP) is 2.49. The van der Waals surface area contributed by atoms with Gasteiger partial charge < -0.3 is 15.2 Å². The molecule has 1 aromatic carbocycles. The van der Waals surface area contributed by atoms with E-state index in [2.05, 4.69) is 12.2 Å². The van der Waals surface area contributed by atoms with Crippen molar-refractivity contribution < 1.29 is 14.6 Å². The molecule has 0 aromatic heterocycles. The van der Waals surface area contributed by atoms with Crippen molar-refractivity contribution in [3.8, 4) is 0 Å². The molecule has 0 bridgehead atoms. The Labute approximate surface area is 105 Å². The highest BCUT2D eigenvalue weighted by Crippen LogP contribution is 2.27. The van der Waals surface area contributed by atoms with E-state index < -0.39 is 5.97 Å². The van der Waals surface area contributed by atoms with Crippen molar-refractivity contribution in [3.63, 3.8) is 0 Å². The van der Waals surface area contributed by atoms with E-state index in [1.54, 1.807) is 18.2 Å². The molecule has 2 N–H and O–H groups in total. The zero-order valence-electron chi connectivity index (χ0n) is 9.50.